The van der Waals surface area contributed by atoms with E-state index in [1.54, 1.807) is 6.20 Å². The number of aliphatic hydroxyl groups is 1. The van der Waals surface area contributed by atoms with Crippen molar-refractivity contribution in [1.82, 2.24) is 9.29 Å². The maximum Gasteiger partial charge on any atom is 0.246 e. The van der Waals surface area contributed by atoms with E-state index in [1.807, 2.05) is 12.1 Å². The molecule has 6 nitrogen and oxygen atoms in total. The predicted molar refractivity (Wildman–Crippen MR) is 140 cm³/mol. The standard InChI is InChI=1S/C26H39FN2O4SSi/c1-26(2,27)16-29(17-33-8-9-35(3,4)5)34(31,32)25-22-11-18(15-30)10-20(22)12-21-14-28-24(13-23(21)25)19-6-7-19/h12-14,18-19,30H,6-11,15-17H2,1-5H3. The van der Waals surface area contributed by atoms with Gasteiger partial charge in [-0.05, 0) is 74.8 Å². The minimum absolute atomic E-state index is 0.00286. The molecule has 0 amide bonds. The van der Waals surface area contributed by atoms with Crippen molar-refractivity contribution in [2.45, 2.75) is 81.7 Å². The number of aromatic nitrogens is 1. The molecule has 2 aliphatic carbocycles. The third-order valence-corrected chi connectivity index (χ3v) is 10.4. The van der Waals surface area contributed by atoms with Crippen LogP contribution in [-0.2, 0) is 27.6 Å². The molecule has 1 fully saturated rings. The van der Waals surface area contributed by atoms with Crippen LogP contribution in [0.2, 0.25) is 25.7 Å². The zero-order chi connectivity index (χ0) is 25.6. The third-order valence-electron chi connectivity index (χ3n) is 6.83. The van der Waals surface area contributed by atoms with Crippen molar-refractivity contribution in [3.8, 4) is 0 Å². The molecule has 1 heterocycles. The van der Waals surface area contributed by atoms with E-state index in [1.165, 1.54) is 13.8 Å². The van der Waals surface area contributed by atoms with Gasteiger partial charge in [-0.3, -0.25) is 4.98 Å². The summed E-state index contributed by atoms with van der Waals surface area (Å²) in [6, 6.07) is 4.83. The number of benzene rings is 1. The molecule has 4 rings (SSSR count). The van der Waals surface area contributed by atoms with Crippen molar-refractivity contribution in [3.63, 3.8) is 0 Å². The van der Waals surface area contributed by atoms with Crippen LogP contribution in [-0.4, -0.2) is 63.0 Å². The molecule has 0 spiro atoms. The Morgan fingerprint density at radius 3 is 2.54 bits per heavy atom. The van der Waals surface area contributed by atoms with Crippen LogP contribution in [0.4, 0.5) is 4.39 Å². The number of alkyl halides is 1. The van der Waals surface area contributed by atoms with Crippen molar-refractivity contribution in [2.75, 3.05) is 26.5 Å². The van der Waals surface area contributed by atoms with E-state index in [0.717, 1.165) is 45.4 Å². The number of fused-ring (bicyclic) bond motifs is 2. The number of sulfonamides is 1. The fraction of sp³-hybridized carbons (Fsp3) is 0.654. The SMILES string of the molecule is CC(C)(F)CN(COCC[Si](C)(C)C)S(=O)(=O)c1c2c(cc3cnc(C4CC4)cc13)CC(CO)C2. The summed E-state index contributed by atoms with van der Waals surface area (Å²) in [5, 5.41) is 11.2. The Morgan fingerprint density at radius 1 is 1.23 bits per heavy atom. The number of pyridine rings is 1. The van der Waals surface area contributed by atoms with Crippen LogP contribution in [0.15, 0.2) is 23.2 Å². The zero-order valence-corrected chi connectivity index (χ0v) is 23.4. The minimum Gasteiger partial charge on any atom is -0.396 e. The molecule has 1 saturated carbocycles. The Balaban J connectivity index is 1.79. The normalized spacial score (nSPS) is 19.0. The molecule has 1 atom stereocenters. The molecule has 35 heavy (non-hydrogen) atoms. The number of aliphatic hydroxyl groups excluding tert-OH is 1. The lowest BCUT2D eigenvalue weighted by Crippen LogP contribution is -2.42. The van der Waals surface area contributed by atoms with Gasteiger partial charge in [-0.25, -0.2) is 12.8 Å². The van der Waals surface area contributed by atoms with Crippen molar-refractivity contribution >= 4 is 28.9 Å². The first kappa shape index (κ1) is 26.7. The average Bonchev–Trinajstić information content (AvgIpc) is 3.51. The van der Waals surface area contributed by atoms with Crippen molar-refractivity contribution in [3.05, 3.63) is 35.2 Å². The first-order valence-electron chi connectivity index (χ1n) is 12.6. The summed E-state index contributed by atoms with van der Waals surface area (Å²) in [6.45, 7) is 9.45. The molecule has 2 aromatic rings. The van der Waals surface area contributed by atoms with Gasteiger partial charge in [0.2, 0.25) is 10.0 Å². The van der Waals surface area contributed by atoms with E-state index in [2.05, 4.69) is 24.6 Å². The number of halogens is 1. The molecule has 9 heteroatoms. The fourth-order valence-corrected chi connectivity index (χ4v) is 7.46. The highest BCUT2D eigenvalue weighted by molar-refractivity contribution is 7.89. The molecule has 1 unspecified atom stereocenters. The average molecular weight is 523 g/mol. The second-order valence-electron chi connectivity index (χ2n) is 12.1. The number of nitrogens with zero attached hydrogens (tertiary/aromatic N) is 2. The van der Waals surface area contributed by atoms with E-state index >= 15 is 0 Å². The van der Waals surface area contributed by atoms with Crippen molar-refractivity contribution < 1.29 is 22.7 Å². The van der Waals surface area contributed by atoms with Crippen LogP contribution in [0.5, 0.6) is 0 Å². The van der Waals surface area contributed by atoms with Gasteiger partial charge in [-0.15, -0.1) is 0 Å². The summed E-state index contributed by atoms with van der Waals surface area (Å²) in [4.78, 5) is 4.85. The van der Waals surface area contributed by atoms with Crippen LogP contribution in [0.3, 0.4) is 0 Å². The quantitative estimate of drug-likeness (QED) is 0.259. The van der Waals surface area contributed by atoms with Gasteiger partial charge in [0, 0.05) is 56.4 Å². The van der Waals surface area contributed by atoms with E-state index < -0.39 is 23.8 Å². The summed E-state index contributed by atoms with van der Waals surface area (Å²) < 4.78 is 50.4. The first-order valence-corrected chi connectivity index (χ1v) is 17.8. The van der Waals surface area contributed by atoms with Crippen molar-refractivity contribution in [2.24, 2.45) is 5.92 Å². The van der Waals surface area contributed by atoms with Crippen LogP contribution < -0.4 is 0 Å². The second-order valence-corrected chi connectivity index (χ2v) is 19.6. The van der Waals surface area contributed by atoms with Gasteiger partial charge in [0.05, 0.1) is 4.90 Å². The minimum atomic E-state index is -4.09. The van der Waals surface area contributed by atoms with Gasteiger partial charge >= 0.3 is 0 Å². The van der Waals surface area contributed by atoms with Crippen LogP contribution in [0, 0.1) is 5.92 Å². The van der Waals surface area contributed by atoms with Gasteiger partial charge in [-0.2, -0.15) is 4.31 Å². The Morgan fingerprint density at radius 2 is 1.94 bits per heavy atom. The zero-order valence-electron chi connectivity index (χ0n) is 21.6. The number of hydrogen-bond donors (Lipinski definition) is 1. The molecule has 194 valence electrons. The largest absolute Gasteiger partial charge is 0.396 e. The molecule has 2 aliphatic rings. The van der Waals surface area contributed by atoms with Crippen LogP contribution in [0.25, 0.3) is 10.8 Å². The molecule has 1 aromatic heterocycles. The van der Waals surface area contributed by atoms with Crippen LogP contribution >= 0.6 is 0 Å². The Labute approximate surface area is 209 Å². The molecular formula is C26H39FN2O4SSi. The lowest BCUT2D eigenvalue weighted by atomic mass is 10.0. The van der Waals surface area contributed by atoms with Gasteiger partial charge in [-0.1, -0.05) is 19.6 Å². The molecule has 0 saturated heterocycles. The Bertz CT molecular complexity index is 1190. The van der Waals surface area contributed by atoms with Gasteiger partial charge < -0.3 is 9.84 Å². The van der Waals surface area contributed by atoms with E-state index in [-0.39, 0.29) is 30.7 Å². The molecule has 0 bridgehead atoms. The number of hydrogen-bond acceptors (Lipinski definition) is 5. The predicted octanol–water partition coefficient (Wildman–Crippen LogP) is 4.87. The van der Waals surface area contributed by atoms with Gasteiger partial charge in [0.1, 0.15) is 12.4 Å². The molecular weight excluding hydrogens is 483 g/mol. The lowest BCUT2D eigenvalue weighted by molar-refractivity contribution is 0.0537. The molecule has 0 radical (unpaired) electrons. The molecule has 0 aliphatic heterocycles. The summed E-state index contributed by atoms with van der Waals surface area (Å²) in [7, 11) is -5.44. The fourth-order valence-electron chi connectivity index (χ4n) is 4.77. The van der Waals surface area contributed by atoms with Crippen molar-refractivity contribution in [1.29, 1.82) is 0 Å². The number of ether oxygens (including phenoxy) is 1. The van der Waals surface area contributed by atoms with Crippen LogP contribution in [0.1, 0.15) is 49.4 Å². The first-order chi connectivity index (χ1) is 16.3. The summed E-state index contributed by atoms with van der Waals surface area (Å²) >= 11 is 0. The highest BCUT2D eigenvalue weighted by atomic mass is 32.2. The monoisotopic (exact) mass is 522 g/mol. The van der Waals surface area contributed by atoms with Gasteiger partial charge in [0.25, 0.3) is 0 Å². The summed E-state index contributed by atoms with van der Waals surface area (Å²) in [6.07, 6.45) is 5.00. The second kappa shape index (κ2) is 9.82. The van der Waals surface area contributed by atoms with E-state index in [4.69, 9.17) is 4.74 Å². The number of rotatable bonds is 11. The van der Waals surface area contributed by atoms with E-state index in [0.29, 0.717) is 30.8 Å². The summed E-state index contributed by atoms with van der Waals surface area (Å²) in [5.41, 5.74) is 0.856. The lowest BCUT2D eigenvalue weighted by Gasteiger charge is -2.28. The molecule has 1 N–H and O–H groups in total. The smallest absolute Gasteiger partial charge is 0.246 e. The molecule has 1 aromatic carbocycles. The maximum atomic E-state index is 14.9. The summed E-state index contributed by atoms with van der Waals surface area (Å²) in [5.74, 6) is 0.352. The Kier molecular flexibility index (Phi) is 7.48. The maximum absolute atomic E-state index is 14.9. The highest BCUT2D eigenvalue weighted by Gasteiger charge is 2.37. The van der Waals surface area contributed by atoms with Gasteiger partial charge in [0.15, 0.2) is 0 Å². The topological polar surface area (TPSA) is 79.7 Å². The highest BCUT2D eigenvalue weighted by Crippen LogP contribution is 2.43. The third kappa shape index (κ3) is 6.30. The van der Waals surface area contributed by atoms with E-state index in [9.17, 15) is 17.9 Å². The Hall–Kier alpha value is -1.39.